The number of benzene rings is 1. The largest absolute Gasteiger partial charge is 0.456 e. The predicted molar refractivity (Wildman–Crippen MR) is 69.9 cm³/mol. The maximum absolute atomic E-state index is 10.6. The van der Waals surface area contributed by atoms with E-state index in [2.05, 4.69) is 18.3 Å². The molecule has 0 atom stereocenters. The van der Waals surface area contributed by atoms with Crippen LogP contribution >= 0.6 is 11.6 Å². The van der Waals surface area contributed by atoms with Crippen LogP contribution in [0.3, 0.4) is 0 Å². The molecule has 88 valence electrons. The van der Waals surface area contributed by atoms with Crippen molar-refractivity contribution in [1.82, 2.24) is 0 Å². The smallest absolute Gasteiger partial charge is 0.150 e. The molecular weight excluding hydrogens is 238 g/mol. The topological polar surface area (TPSA) is 38.7 Å². The van der Waals surface area contributed by atoms with Crippen molar-refractivity contribution in [2.75, 3.05) is 0 Å². The van der Waals surface area contributed by atoms with Gasteiger partial charge < -0.3 is 4.74 Å². The predicted octanol–water partition coefficient (Wildman–Crippen LogP) is 4.46. The van der Waals surface area contributed by atoms with Gasteiger partial charge >= 0.3 is 0 Å². The Morgan fingerprint density at radius 2 is 1.94 bits per heavy atom. The molecule has 3 nitrogen and oxygen atoms in total. The van der Waals surface area contributed by atoms with E-state index in [1.807, 2.05) is 0 Å². The first-order valence-corrected chi connectivity index (χ1v) is 5.24. The lowest BCUT2D eigenvalue weighted by Crippen LogP contribution is -1.96. The van der Waals surface area contributed by atoms with Gasteiger partial charge in [0.15, 0.2) is 0 Å². The number of hydrogen-bond donors (Lipinski definition) is 0. The number of allylic oxidation sites excluding steroid dienone is 2. The molecule has 0 spiro atoms. The van der Waals surface area contributed by atoms with E-state index in [9.17, 15) is 4.91 Å². The summed E-state index contributed by atoms with van der Waals surface area (Å²) in [5.74, 6) is 0.709. The molecule has 0 aromatic heterocycles. The van der Waals surface area contributed by atoms with Gasteiger partial charge in [-0.15, -0.1) is 4.91 Å². The second kappa shape index (κ2) is 6.01. The van der Waals surface area contributed by atoms with E-state index >= 15 is 0 Å². The highest BCUT2D eigenvalue weighted by molar-refractivity contribution is 6.30. The van der Waals surface area contributed by atoms with E-state index < -0.39 is 0 Å². The number of nitrogens with zero attached hydrogens (tertiary/aromatic N) is 1. The molecule has 0 bridgehead atoms. The zero-order valence-electron chi connectivity index (χ0n) is 9.44. The third kappa shape index (κ3) is 4.25. The maximum Gasteiger partial charge on any atom is 0.150 e. The minimum Gasteiger partial charge on any atom is -0.456 e. The van der Waals surface area contributed by atoms with Crippen LogP contribution in [-0.4, -0.2) is 0 Å². The molecule has 0 fully saturated rings. The monoisotopic (exact) mass is 249 g/mol. The molecule has 17 heavy (non-hydrogen) atoms. The van der Waals surface area contributed by atoms with Crippen molar-refractivity contribution in [2.24, 2.45) is 5.18 Å². The first kappa shape index (κ1) is 13.2. The molecule has 0 saturated heterocycles. The van der Waals surface area contributed by atoms with Crippen molar-refractivity contribution < 1.29 is 4.74 Å². The van der Waals surface area contributed by atoms with Gasteiger partial charge in [-0.1, -0.05) is 30.3 Å². The van der Waals surface area contributed by atoms with Crippen molar-refractivity contribution in [3.63, 3.8) is 0 Å². The van der Waals surface area contributed by atoms with Gasteiger partial charge in [0.05, 0.1) is 0 Å². The van der Waals surface area contributed by atoms with Gasteiger partial charge in [-0.05, 0) is 42.4 Å². The first-order chi connectivity index (χ1) is 8.02. The van der Waals surface area contributed by atoms with Gasteiger partial charge in [-0.3, -0.25) is 0 Å². The Morgan fingerprint density at radius 1 is 1.35 bits per heavy atom. The van der Waals surface area contributed by atoms with Crippen LogP contribution in [0.25, 0.3) is 0 Å². The molecule has 0 aliphatic carbocycles. The normalized spacial score (nSPS) is 10.8. The van der Waals surface area contributed by atoms with Gasteiger partial charge in [0.25, 0.3) is 0 Å². The molecule has 4 heteroatoms. The summed E-state index contributed by atoms with van der Waals surface area (Å²) in [5.41, 5.74) is 0.813. The Hall–Kier alpha value is -1.87. The summed E-state index contributed by atoms with van der Waals surface area (Å²) in [6.07, 6.45) is 1.51. The molecule has 1 aromatic rings. The van der Waals surface area contributed by atoms with E-state index in [4.69, 9.17) is 16.3 Å². The maximum atomic E-state index is 10.6. The second-order valence-electron chi connectivity index (χ2n) is 3.45. The summed E-state index contributed by atoms with van der Waals surface area (Å²) in [4.78, 5) is 10.6. The van der Waals surface area contributed by atoms with Crippen molar-refractivity contribution in [1.29, 1.82) is 0 Å². The summed E-state index contributed by atoms with van der Waals surface area (Å²) in [7, 11) is 0. The molecule has 0 heterocycles. The highest BCUT2D eigenvalue weighted by atomic mass is 35.5. The average Bonchev–Trinajstić information content (AvgIpc) is 2.28. The van der Waals surface area contributed by atoms with Crippen LogP contribution in [0.2, 0.25) is 5.02 Å². The fourth-order valence-electron chi connectivity index (χ4n) is 1.09. The number of halogens is 1. The van der Waals surface area contributed by atoms with Gasteiger partial charge in [-0.25, -0.2) is 0 Å². The van der Waals surface area contributed by atoms with E-state index in [0.717, 1.165) is 0 Å². The van der Waals surface area contributed by atoms with E-state index in [-0.39, 0.29) is 11.5 Å². The number of hydrogen-bond acceptors (Lipinski definition) is 3. The first-order valence-electron chi connectivity index (χ1n) is 4.86. The van der Waals surface area contributed by atoms with Crippen LogP contribution in [0.1, 0.15) is 6.92 Å². The molecule has 0 amide bonds. The summed E-state index contributed by atoms with van der Waals surface area (Å²) in [6, 6.07) is 6.72. The van der Waals surface area contributed by atoms with Gasteiger partial charge in [0.1, 0.15) is 17.2 Å². The Balaban J connectivity index is 2.81. The Kier molecular flexibility index (Phi) is 4.67. The summed E-state index contributed by atoms with van der Waals surface area (Å²) >= 11 is 5.74. The summed E-state index contributed by atoms with van der Waals surface area (Å²) < 4.78 is 5.37. The second-order valence-corrected chi connectivity index (χ2v) is 3.88. The lowest BCUT2D eigenvalue weighted by Gasteiger charge is -2.07. The van der Waals surface area contributed by atoms with Crippen LogP contribution in [0.4, 0.5) is 0 Å². The fraction of sp³-hybridized carbons (Fsp3) is 0.0769. The van der Waals surface area contributed by atoms with Crippen LogP contribution < -0.4 is 4.74 Å². The van der Waals surface area contributed by atoms with Gasteiger partial charge in [0, 0.05) is 5.02 Å². The van der Waals surface area contributed by atoms with Crippen LogP contribution in [-0.2, 0) is 0 Å². The highest BCUT2D eigenvalue weighted by Gasteiger charge is 2.06. The van der Waals surface area contributed by atoms with Gasteiger partial charge in [-0.2, -0.15) is 0 Å². The third-order valence-corrected chi connectivity index (χ3v) is 2.07. The molecule has 0 unspecified atom stereocenters. The van der Waals surface area contributed by atoms with E-state index in [1.54, 1.807) is 31.2 Å². The quantitative estimate of drug-likeness (QED) is 0.439. The minimum atomic E-state index is 0.118. The summed E-state index contributed by atoms with van der Waals surface area (Å²) in [5, 5.41) is 3.45. The molecule has 0 saturated carbocycles. The number of rotatable bonds is 5. The van der Waals surface area contributed by atoms with Crippen molar-refractivity contribution >= 4 is 11.6 Å². The average molecular weight is 250 g/mol. The Morgan fingerprint density at radius 3 is 2.41 bits per heavy atom. The van der Waals surface area contributed by atoms with E-state index in [1.165, 1.54) is 6.08 Å². The van der Waals surface area contributed by atoms with Crippen molar-refractivity contribution in [3.05, 3.63) is 70.5 Å². The Labute approximate surface area is 105 Å². The molecule has 0 aliphatic rings. The zero-order chi connectivity index (χ0) is 12.8. The molecule has 0 N–H and O–H groups in total. The lowest BCUT2D eigenvalue weighted by atomic mass is 10.2. The molecule has 0 radical (unpaired) electrons. The van der Waals surface area contributed by atoms with Crippen LogP contribution in [0.15, 0.2) is 65.7 Å². The minimum absolute atomic E-state index is 0.118. The van der Waals surface area contributed by atoms with Crippen molar-refractivity contribution in [3.8, 4) is 5.75 Å². The fourth-order valence-corrected chi connectivity index (χ4v) is 1.21. The van der Waals surface area contributed by atoms with Crippen LogP contribution in [0, 0.1) is 4.91 Å². The lowest BCUT2D eigenvalue weighted by molar-refractivity contribution is 0.437. The zero-order valence-corrected chi connectivity index (χ0v) is 10.2. The molecule has 1 rings (SSSR count). The Bertz CT molecular complexity index is 475. The van der Waals surface area contributed by atoms with Gasteiger partial charge in [0.2, 0.25) is 0 Å². The van der Waals surface area contributed by atoms with Crippen molar-refractivity contribution in [2.45, 2.75) is 6.92 Å². The molecule has 1 aromatic carbocycles. The third-order valence-electron chi connectivity index (χ3n) is 1.82. The number of nitroso groups, excluding NO2 is 1. The number of ether oxygens (including phenoxy) is 1. The SMILES string of the molecule is C=C(C)/C=C(/N=O)C(=C)Oc1ccc(Cl)cc1. The summed E-state index contributed by atoms with van der Waals surface area (Å²) in [6.45, 7) is 9.04. The molecule has 0 aliphatic heterocycles. The molecular formula is C13H12ClNO2. The van der Waals surface area contributed by atoms with E-state index in [0.29, 0.717) is 16.3 Å². The standard InChI is InChI=1S/C13H12ClNO2/c1-9(2)8-13(15-16)10(3)17-12-6-4-11(14)5-7-12/h4-8H,1,3H2,2H3/b13-8+. The van der Waals surface area contributed by atoms with Crippen LogP contribution in [0.5, 0.6) is 5.75 Å². The highest BCUT2D eigenvalue weighted by Crippen LogP contribution is 2.21.